The fourth-order valence-corrected chi connectivity index (χ4v) is 4.02. The topological polar surface area (TPSA) is 80.1 Å². The summed E-state index contributed by atoms with van der Waals surface area (Å²) in [5.41, 5.74) is 2.84. The average molecular weight is 432 g/mol. The van der Waals surface area contributed by atoms with Crippen LogP contribution in [0.1, 0.15) is 18.2 Å². The molecule has 7 nitrogen and oxygen atoms in total. The van der Waals surface area contributed by atoms with Crippen LogP contribution < -0.4 is 10.2 Å². The summed E-state index contributed by atoms with van der Waals surface area (Å²) in [5, 5.41) is 3.25. The van der Waals surface area contributed by atoms with E-state index in [9.17, 15) is 9.59 Å². The van der Waals surface area contributed by atoms with E-state index in [2.05, 4.69) is 15.3 Å². The molecule has 0 fully saturated rings. The highest BCUT2D eigenvalue weighted by Crippen LogP contribution is 2.37. The quantitative estimate of drug-likeness (QED) is 0.513. The van der Waals surface area contributed by atoms with Crippen LogP contribution in [0.15, 0.2) is 72.9 Å². The van der Waals surface area contributed by atoms with E-state index < -0.39 is 6.04 Å². The van der Waals surface area contributed by atoms with Gasteiger partial charge in [-0.1, -0.05) is 41.9 Å². The largest absolute Gasteiger partial charge is 0.325 e. The smallest absolute Gasteiger partial charge is 0.253 e. The van der Waals surface area contributed by atoms with Gasteiger partial charge >= 0.3 is 0 Å². The van der Waals surface area contributed by atoms with Crippen molar-refractivity contribution in [2.75, 3.05) is 10.2 Å². The summed E-state index contributed by atoms with van der Waals surface area (Å²) in [6, 6.07) is 19.5. The van der Waals surface area contributed by atoms with Crippen molar-refractivity contribution in [1.82, 2.24) is 14.5 Å². The van der Waals surface area contributed by atoms with Gasteiger partial charge in [0.05, 0.1) is 40.4 Å². The van der Waals surface area contributed by atoms with Gasteiger partial charge in [0.25, 0.3) is 5.91 Å². The lowest BCUT2D eigenvalue weighted by Crippen LogP contribution is -2.31. The molecule has 8 heteroatoms. The highest BCUT2D eigenvalue weighted by atomic mass is 35.5. The highest BCUT2D eigenvalue weighted by molar-refractivity contribution is 6.33. The third kappa shape index (κ3) is 3.53. The highest BCUT2D eigenvalue weighted by Gasteiger charge is 2.41. The Morgan fingerprint density at radius 3 is 2.61 bits per heavy atom. The van der Waals surface area contributed by atoms with Crippen LogP contribution in [0.25, 0.3) is 11.0 Å². The van der Waals surface area contributed by atoms with Crippen molar-refractivity contribution in [2.45, 2.75) is 19.0 Å². The second-order valence-corrected chi connectivity index (χ2v) is 7.67. The molecule has 1 atom stereocenters. The lowest BCUT2D eigenvalue weighted by molar-refractivity contribution is -0.124. The molecule has 1 aliphatic rings. The second kappa shape index (κ2) is 7.85. The van der Waals surface area contributed by atoms with E-state index in [1.807, 2.05) is 47.0 Å². The molecule has 0 bridgehead atoms. The van der Waals surface area contributed by atoms with Crippen molar-refractivity contribution >= 4 is 46.1 Å². The Hall–Kier alpha value is -3.71. The number of rotatable bonds is 5. The molecule has 4 aromatic rings. The van der Waals surface area contributed by atoms with Gasteiger partial charge in [-0.3, -0.25) is 24.0 Å². The first-order chi connectivity index (χ1) is 15.1. The average Bonchev–Trinajstić information content (AvgIpc) is 3.27. The number of anilines is 2. The Morgan fingerprint density at radius 1 is 1.03 bits per heavy atom. The van der Waals surface area contributed by atoms with Crippen molar-refractivity contribution in [2.24, 2.45) is 0 Å². The van der Waals surface area contributed by atoms with Crippen LogP contribution in [0.3, 0.4) is 0 Å². The Bertz CT molecular complexity index is 1290. The number of hydrogen-bond acceptors (Lipinski definition) is 4. The molecule has 0 saturated carbocycles. The normalized spacial score (nSPS) is 15.3. The molecule has 31 heavy (non-hydrogen) atoms. The molecule has 1 aliphatic heterocycles. The summed E-state index contributed by atoms with van der Waals surface area (Å²) in [6.45, 7) is 0.283. The number of para-hydroxylation sites is 3. The Balaban J connectivity index is 1.48. The van der Waals surface area contributed by atoms with Gasteiger partial charge in [-0.15, -0.1) is 0 Å². The summed E-state index contributed by atoms with van der Waals surface area (Å²) in [5.74, 6) is 0.0375. The van der Waals surface area contributed by atoms with Gasteiger partial charge in [-0.2, -0.15) is 0 Å². The minimum absolute atomic E-state index is 0.0316. The first-order valence-electron chi connectivity index (χ1n) is 9.84. The molecule has 154 valence electrons. The maximum Gasteiger partial charge on any atom is 0.253 e. The Labute approximate surface area is 183 Å². The molecule has 0 radical (unpaired) electrons. The number of hydrogen-bond donors (Lipinski definition) is 1. The number of pyridine rings is 1. The molecule has 2 aromatic heterocycles. The standard InChI is InChI=1S/C23H18ClN5O2/c24-16-8-1-2-9-17(16)26-21(30)13-20-22(31)28(14-15-7-5-6-12-25-15)23-27-18-10-3-4-11-19(18)29(20)23/h1-12,20H,13-14H2,(H,26,30). The second-order valence-electron chi connectivity index (χ2n) is 7.26. The monoisotopic (exact) mass is 431 g/mol. The number of fused-ring (bicyclic) bond motifs is 3. The minimum Gasteiger partial charge on any atom is -0.325 e. The lowest BCUT2D eigenvalue weighted by atomic mass is 10.1. The maximum absolute atomic E-state index is 13.4. The molecule has 2 aromatic carbocycles. The van der Waals surface area contributed by atoms with Gasteiger partial charge in [0.1, 0.15) is 6.04 Å². The van der Waals surface area contributed by atoms with Crippen LogP contribution in [-0.4, -0.2) is 26.3 Å². The SMILES string of the molecule is O=C(CC1C(=O)N(Cc2ccccn2)c2nc3ccccc3n21)Nc1ccccc1Cl. The first kappa shape index (κ1) is 19.3. The summed E-state index contributed by atoms with van der Waals surface area (Å²) in [6.07, 6.45) is 1.66. The van der Waals surface area contributed by atoms with Crippen LogP contribution in [-0.2, 0) is 16.1 Å². The van der Waals surface area contributed by atoms with Gasteiger partial charge in [0, 0.05) is 6.20 Å². The van der Waals surface area contributed by atoms with E-state index in [0.717, 1.165) is 16.7 Å². The zero-order chi connectivity index (χ0) is 21.4. The van der Waals surface area contributed by atoms with Crippen molar-refractivity contribution in [3.8, 4) is 0 Å². The number of carbonyl (C=O) groups excluding carboxylic acids is 2. The van der Waals surface area contributed by atoms with Crippen molar-refractivity contribution in [3.05, 3.63) is 83.6 Å². The van der Waals surface area contributed by atoms with Crippen LogP contribution in [0.2, 0.25) is 5.02 Å². The van der Waals surface area contributed by atoms with Crippen molar-refractivity contribution in [1.29, 1.82) is 0 Å². The number of aromatic nitrogens is 3. The van der Waals surface area contributed by atoms with E-state index in [1.165, 1.54) is 0 Å². The van der Waals surface area contributed by atoms with Crippen molar-refractivity contribution in [3.63, 3.8) is 0 Å². The molecular formula is C23H18ClN5O2. The van der Waals surface area contributed by atoms with E-state index in [-0.39, 0.29) is 24.8 Å². The summed E-state index contributed by atoms with van der Waals surface area (Å²) in [4.78, 5) is 36.8. The molecule has 3 heterocycles. The Morgan fingerprint density at radius 2 is 1.81 bits per heavy atom. The minimum atomic E-state index is -0.700. The number of imidazole rings is 1. The molecule has 1 unspecified atom stereocenters. The first-order valence-corrected chi connectivity index (χ1v) is 10.2. The summed E-state index contributed by atoms with van der Waals surface area (Å²) in [7, 11) is 0. The van der Waals surface area contributed by atoms with Gasteiger partial charge < -0.3 is 5.32 Å². The summed E-state index contributed by atoms with van der Waals surface area (Å²) >= 11 is 6.16. The van der Waals surface area contributed by atoms with E-state index in [0.29, 0.717) is 16.7 Å². The molecule has 0 saturated heterocycles. The van der Waals surface area contributed by atoms with Gasteiger partial charge in [0.15, 0.2) is 0 Å². The molecule has 1 N–H and O–H groups in total. The number of nitrogens with zero attached hydrogens (tertiary/aromatic N) is 4. The summed E-state index contributed by atoms with van der Waals surface area (Å²) < 4.78 is 1.84. The zero-order valence-corrected chi connectivity index (χ0v) is 17.2. The van der Waals surface area contributed by atoms with E-state index in [1.54, 1.807) is 35.4 Å². The van der Waals surface area contributed by atoms with Gasteiger partial charge in [-0.05, 0) is 36.4 Å². The van der Waals surface area contributed by atoms with E-state index in [4.69, 9.17) is 11.6 Å². The fourth-order valence-electron chi connectivity index (χ4n) is 3.84. The number of halogens is 1. The van der Waals surface area contributed by atoms with Gasteiger partial charge in [-0.25, -0.2) is 4.98 Å². The maximum atomic E-state index is 13.4. The number of benzene rings is 2. The number of carbonyl (C=O) groups is 2. The number of amides is 2. The fraction of sp³-hybridized carbons (Fsp3) is 0.130. The third-order valence-electron chi connectivity index (χ3n) is 5.25. The Kier molecular flexibility index (Phi) is 4.88. The van der Waals surface area contributed by atoms with Crippen LogP contribution in [0.4, 0.5) is 11.6 Å². The zero-order valence-electron chi connectivity index (χ0n) is 16.4. The molecule has 0 aliphatic carbocycles. The lowest BCUT2D eigenvalue weighted by Gasteiger charge is -2.15. The molecule has 0 spiro atoms. The third-order valence-corrected chi connectivity index (χ3v) is 5.58. The van der Waals surface area contributed by atoms with Crippen molar-refractivity contribution < 1.29 is 9.59 Å². The van der Waals surface area contributed by atoms with Crippen LogP contribution in [0, 0.1) is 0 Å². The molecule has 2 amide bonds. The van der Waals surface area contributed by atoms with Gasteiger partial charge in [0.2, 0.25) is 11.9 Å². The predicted molar refractivity (Wildman–Crippen MR) is 119 cm³/mol. The molecular weight excluding hydrogens is 414 g/mol. The number of nitrogens with one attached hydrogen (secondary N) is 1. The van der Waals surface area contributed by atoms with Crippen LogP contribution in [0.5, 0.6) is 0 Å². The predicted octanol–water partition coefficient (Wildman–Crippen LogP) is 4.20. The van der Waals surface area contributed by atoms with Crippen LogP contribution >= 0.6 is 11.6 Å². The van der Waals surface area contributed by atoms with E-state index >= 15 is 0 Å². The molecule has 5 rings (SSSR count).